The van der Waals surface area contributed by atoms with Crippen LogP contribution in [0.15, 0.2) is 47.5 Å². The number of anilines is 1. The van der Waals surface area contributed by atoms with Gasteiger partial charge in [0.25, 0.3) is 10.0 Å². The number of thiophene rings is 1. The van der Waals surface area contributed by atoms with Gasteiger partial charge in [-0.3, -0.25) is 4.31 Å². The van der Waals surface area contributed by atoms with Crippen LogP contribution in [0.25, 0.3) is 10.1 Å². The number of unbranched alkanes of at least 4 members (excludes halogenated alkanes) is 1. The molecule has 0 aliphatic rings. The van der Waals surface area contributed by atoms with Gasteiger partial charge in [-0.05, 0) is 48.9 Å². The van der Waals surface area contributed by atoms with E-state index in [-0.39, 0.29) is 30.0 Å². The zero-order valence-electron chi connectivity index (χ0n) is 16.0. The lowest BCUT2D eigenvalue weighted by molar-refractivity contribution is -0.135. The summed E-state index contributed by atoms with van der Waals surface area (Å²) in [5.41, 5.74) is 0.820. The minimum Gasteiger partial charge on any atom is -0.257 e. The van der Waals surface area contributed by atoms with Crippen molar-refractivity contribution in [2.45, 2.75) is 37.3 Å². The van der Waals surface area contributed by atoms with Crippen molar-refractivity contribution in [1.82, 2.24) is 4.98 Å². The zero-order valence-corrected chi connectivity index (χ0v) is 17.6. The van der Waals surface area contributed by atoms with Gasteiger partial charge in [-0.2, -0.15) is 18.4 Å². The fourth-order valence-corrected chi connectivity index (χ4v) is 5.99. The summed E-state index contributed by atoms with van der Waals surface area (Å²) >= 11 is 1.28. The van der Waals surface area contributed by atoms with Crippen LogP contribution in [0.4, 0.5) is 18.2 Å². The third-order valence-corrected chi connectivity index (χ3v) is 7.75. The van der Waals surface area contributed by atoms with E-state index in [4.69, 9.17) is 5.26 Å². The molecule has 2 heterocycles. The molecule has 30 heavy (non-hydrogen) atoms. The van der Waals surface area contributed by atoms with Crippen LogP contribution >= 0.6 is 11.3 Å². The topological polar surface area (TPSA) is 74.1 Å². The van der Waals surface area contributed by atoms with Crippen LogP contribution < -0.4 is 4.31 Å². The van der Waals surface area contributed by atoms with Crippen LogP contribution in [0.3, 0.4) is 0 Å². The Labute approximate surface area is 176 Å². The van der Waals surface area contributed by atoms with Gasteiger partial charge in [-0.25, -0.2) is 13.4 Å². The molecule has 0 aliphatic heterocycles. The maximum absolute atomic E-state index is 13.3. The Morgan fingerprint density at radius 3 is 2.50 bits per heavy atom. The molecule has 158 valence electrons. The van der Waals surface area contributed by atoms with Crippen LogP contribution in [0.1, 0.15) is 30.5 Å². The van der Waals surface area contributed by atoms with Crippen LogP contribution in [-0.4, -0.2) is 26.1 Å². The van der Waals surface area contributed by atoms with Gasteiger partial charge in [0.2, 0.25) is 0 Å². The summed E-state index contributed by atoms with van der Waals surface area (Å²) in [5, 5.41) is 10.2. The second-order valence-corrected chi connectivity index (χ2v) is 9.56. The average molecular weight is 454 g/mol. The Morgan fingerprint density at radius 2 is 1.90 bits per heavy atom. The second-order valence-electron chi connectivity index (χ2n) is 6.67. The van der Waals surface area contributed by atoms with Gasteiger partial charge in [0, 0.05) is 23.9 Å². The molecule has 5 nitrogen and oxygen atoms in total. The lowest BCUT2D eigenvalue weighted by Gasteiger charge is -2.24. The highest BCUT2D eigenvalue weighted by Crippen LogP contribution is 2.40. The monoisotopic (exact) mass is 453 g/mol. The Hall–Kier alpha value is -2.64. The number of nitrogens with zero attached hydrogens (tertiary/aromatic N) is 3. The van der Waals surface area contributed by atoms with Gasteiger partial charge >= 0.3 is 6.18 Å². The molecule has 3 rings (SSSR count). The third-order valence-electron chi connectivity index (χ3n) is 4.56. The quantitative estimate of drug-likeness (QED) is 0.449. The zero-order chi connectivity index (χ0) is 21.9. The molecule has 0 atom stereocenters. The molecule has 0 fully saturated rings. The summed E-state index contributed by atoms with van der Waals surface area (Å²) < 4.78 is 66.3. The number of halogens is 3. The number of sulfonamides is 1. The van der Waals surface area contributed by atoms with Gasteiger partial charge in [0.05, 0.1) is 0 Å². The van der Waals surface area contributed by atoms with E-state index >= 15 is 0 Å². The molecule has 3 aromatic rings. The molecular weight excluding hydrogens is 435 g/mol. The maximum Gasteiger partial charge on any atom is 0.389 e. The van der Waals surface area contributed by atoms with E-state index in [1.807, 2.05) is 30.3 Å². The smallest absolute Gasteiger partial charge is 0.257 e. The van der Waals surface area contributed by atoms with Crippen molar-refractivity contribution in [3.8, 4) is 6.07 Å². The van der Waals surface area contributed by atoms with Crippen molar-refractivity contribution in [2.24, 2.45) is 0 Å². The summed E-state index contributed by atoms with van der Waals surface area (Å²) in [6, 6.07) is 11.8. The molecule has 0 saturated heterocycles. The first kappa shape index (κ1) is 22.1. The molecule has 0 radical (unpaired) electrons. The van der Waals surface area contributed by atoms with Crippen molar-refractivity contribution >= 4 is 36.4 Å². The van der Waals surface area contributed by atoms with E-state index in [0.717, 1.165) is 26.2 Å². The molecule has 0 aliphatic carbocycles. The minimum atomic E-state index is -4.28. The first-order valence-corrected chi connectivity index (χ1v) is 11.3. The molecule has 1 aromatic carbocycles. The number of pyridine rings is 1. The minimum absolute atomic E-state index is 0.0517. The fourth-order valence-electron chi connectivity index (χ4n) is 3.04. The van der Waals surface area contributed by atoms with Crippen LogP contribution in [0.2, 0.25) is 0 Å². The van der Waals surface area contributed by atoms with Gasteiger partial charge < -0.3 is 0 Å². The van der Waals surface area contributed by atoms with Gasteiger partial charge in [-0.15, -0.1) is 11.3 Å². The highest BCUT2D eigenvalue weighted by Gasteiger charge is 2.30. The summed E-state index contributed by atoms with van der Waals surface area (Å²) in [7, 11) is -4.07. The number of hydrogen-bond donors (Lipinski definition) is 0. The van der Waals surface area contributed by atoms with Crippen LogP contribution in [-0.2, 0) is 10.0 Å². The predicted octanol–water partition coefficient (Wildman–Crippen LogP) is 5.40. The van der Waals surface area contributed by atoms with Crippen molar-refractivity contribution in [1.29, 1.82) is 5.26 Å². The highest BCUT2D eigenvalue weighted by molar-refractivity contribution is 7.93. The van der Waals surface area contributed by atoms with Gasteiger partial charge in [0.15, 0.2) is 0 Å². The number of aromatic nitrogens is 1. The molecule has 2 aromatic heterocycles. The third kappa shape index (κ3) is 4.74. The first-order valence-electron chi connectivity index (χ1n) is 9.07. The molecule has 10 heteroatoms. The van der Waals surface area contributed by atoms with Crippen molar-refractivity contribution < 1.29 is 21.6 Å². The maximum atomic E-state index is 13.3. The molecular formula is C20H18F3N3O2S2. The number of nitriles is 1. The average Bonchev–Trinajstić information content (AvgIpc) is 3.03. The number of alkyl halides is 3. The molecule has 0 spiro atoms. The Kier molecular flexibility index (Phi) is 6.33. The van der Waals surface area contributed by atoms with Gasteiger partial charge in [-0.1, -0.05) is 18.2 Å². The Balaban J connectivity index is 1.99. The number of benzene rings is 1. The number of hydrogen-bond acceptors (Lipinski definition) is 5. The summed E-state index contributed by atoms with van der Waals surface area (Å²) in [6.07, 6.45) is -4.28. The summed E-state index contributed by atoms with van der Waals surface area (Å²) in [5.74, 6) is 0. The Bertz CT molecular complexity index is 1180. The number of fused-ring (bicyclic) bond motifs is 1. The SMILES string of the molecule is Cc1c(N(CCCCC(F)(F)F)S(=O)(=O)c2ccc(C#N)nc2)sc2ccccc12. The molecule has 0 amide bonds. The highest BCUT2D eigenvalue weighted by atomic mass is 32.2. The second kappa shape index (κ2) is 8.62. The molecule has 0 unspecified atom stereocenters. The van der Waals surface area contributed by atoms with Crippen LogP contribution in [0.5, 0.6) is 0 Å². The lowest BCUT2D eigenvalue weighted by atomic mass is 10.2. The lowest BCUT2D eigenvalue weighted by Crippen LogP contribution is -2.32. The van der Waals surface area contributed by atoms with E-state index in [1.165, 1.54) is 23.5 Å². The number of rotatable bonds is 7. The molecule has 0 N–H and O–H groups in total. The van der Waals surface area contributed by atoms with Crippen LogP contribution in [0, 0.1) is 18.3 Å². The normalized spacial score (nSPS) is 12.1. The standard InChI is InChI=1S/C20H18F3N3O2S2/c1-14-17-6-2-3-7-18(17)29-19(14)26(11-5-4-10-20(21,22)23)30(27,28)16-9-8-15(12-24)25-13-16/h2-3,6-9,13H,4-5,10-11H2,1H3. The first-order chi connectivity index (χ1) is 14.1. The van der Waals surface area contributed by atoms with Crippen molar-refractivity contribution in [3.05, 3.63) is 53.9 Å². The fraction of sp³-hybridized carbons (Fsp3) is 0.300. The molecule has 0 bridgehead atoms. The van der Waals surface area contributed by atoms with E-state index in [2.05, 4.69) is 4.98 Å². The molecule has 0 saturated carbocycles. The van der Waals surface area contributed by atoms with E-state index in [1.54, 1.807) is 6.92 Å². The van der Waals surface area contributed by atoms with E-state index in [9.17, 15) is 21.6 Å². The summed E-state index contributed by atoms with van der Waals surface area (Å²) in [6.45, 7) is 1.70. The Morgan fingerprint density at radius 1 is 1.17 bits per heavy atom. The largest absolute Gasteiger partial charge is 0.389 e. The van der Waals surface area contributed by atoms with Crippen molar-refractivity contribution in [3.63, 3.8) is 0 Å². The van der Waals surface area contributed by atoms with E-state index < -0.39 is 22.6 Å². The number of aryl methyl sites for hydroxylation is 1. The predicted molar refractivity (Wildman–Crippen MR) is 110 cm³/mol. The van der Waals surface area contributed by atoms with Crippen molar-refractivity contribution in [2.75, 3.05) is 10.8 Å². The van der Waals surface area contributed by atoms with E-state index in [0.29, 0.717) is 5.00 Å². The van der Waals surface area contributed by atoms with Gasteiger partial charge in [0.1, 0.15) is 21.7 Å². The summed E-state index contributed by atoms with van der Waals surface area (Å²) in [4.78, 5) is 3.70.